The summed E-state index contributed by atoms with van der Waals surface area (Å²) in [5.74, 6) is 0.955. The van der Waals surface area contributed by atoms with Crippen molar-refractivity contribution in [1.29, 1.82) is 5.26 Å². The van der Waals surface area contributed by atoms with Crippen LogP contribution in [0, 0.1) is 11.3 Å². The predicted molar refractivity (Wildman–Crippen MR) is 103 cm³/mol. The van der Waals surface area contributed by atoms with Gasteiger partial charge in [0.05, 0.1) is 23.1 Å². The number of fused-ring (bicyclic) bond motifs is 1. The third-order valence-electron chi connectivity index (χ3n) is 3.96. The largest absolute Gasteiger partial charge is 0.493 e. The molecule has 3 rings (SSSR count). The molecule has 3 aromatic rings. The maximum Gasteiger partial charge on any atom is 0.259 e. The van der Waals surface area contributed by atoms with Crippen LogP contribution in [-0.2, 0) is 0 Å². The molecule has 0 radical (unpaired) electrons. The van der Waals surface area contributed by atoms with Crippen molar-refractivity contribution in [3.05, 3.63) is 70.3 Å². The number of para-hydroxylation sites is 2. The van der Waals surface area contributed by atoms with E-state index in [1.165, 1.54) is 0 Å². The second kappa shape index (κ2) is 8.13. The van der Waals surface area contributed by atoms with Gasteiger partial charge in [-0.1, -0.05) is 43.7 Å². The van der Waals surface area contributed by atoms with E-state index >= 15 is 0 Å². The number of ether oxygens (including phenoxy) is 1. The van der Waals surface area contributed by atoms with Crippen LogP contribution < -0.4 is 10.3 Å². The molecule has 0 saturated heterocycles. The van der Waals surface area contributed by atoms with Gasteiger partial charge in [-0.2, -0.15) is 5.26 Å². The fraction of sp³-hybridized carbons (Fsp3) is 0.190. The topological polar surface area (TPSA) is 78.8 Å². The van der Waals surface area contributed by atoms with E-state index in [4.69, 9.17) is 4.74 Å². The monoisotopic (exact) mass is 345 g/mol. The highest BCUT2D eigenvalue weighted by molar-refractivity contribution is 5.90. The Morgan fingerprint density at radius 2 is 2.00 bits per heavy atom. The zero-order chi connectivity index (χ0) is 18.4. The Bertz CT molecular complexity index is 1040. The first kappa shape index (κ1) is 17.4. The van der Waals surface area contributed by atoms with E-state index in [0.717, 1.165) is 18.4 Å². The number of aromatic amines is 1. The Balaban J connectivity index is 2.02. The summed E-state index contributed by atoms with van der Waals surface area (Å²) in [6, 6.07) is 16.7. The van der Waals surface area contributed by atoms with Gasteiger partial charge in [0.1, 0.15) is 11.8 Å². The summed E-state index contributed by atoms with van der Waals surface area (Å²) in [7, 11) is 0. The summed E-state index contributed by atoms with van der Waals surface area (Å²) in [6.07, 6.45) is 3.70. The normalized spacial score (nSPS) is 11.3. The van der Waals surface area contributed by atoms with E-state index in [9.17, 15) is 10.1 Å². The molecule has 0 unspecified atom stereocenters. The highest BCUT2D eigenvalue weighted by atomic mass is 16.5. The highest BCUT2D eigenvalue weighted by Gasteiger charge is 2.09. The zero-order valence-corrected chi connectivity index (χ0v) is 14.5. The van der Waals surface area contributed by atoms with E-state index in [-0.39, 0.29) is 17.0 Å². The average Bonchev–Trinajstić information content (AvgIpc) is 2.67. The predicted octanol–water partition coefficient (Wildman–Crippen LogP) is 4.17. The van der Waals surface area contributed by atoms with Gasteiger partial charge in [-0.15, -0.1) is 0 Å². The lowest BCUT2D eigenvalue weighted by Crippen LogP contribution is -2.11. The van der Waals surface area contributed by atoms with Crippen LogP contribution in [0.3, 0.4) is 0 Å². The number of rotatable bonds is 6. The number of H-pyrrole nitrogens is 1. The number of aromatic nitrogens is 2. The summed E-state index contributed by atoms with van der Waals surface area (Å²) < 4.78 is 5.81. The van der Waals surface area contributed by atoms with Gasteiger partial charge >= 0.3 is 0 Å². The number of hydrogen-bond donors (Lipinski definition) is 1. The summed E-state index contributed by atoms with van der Waals surface area (Å²) >= 11 is 0. The fourth-order valence-electron chi connectivity index (χ4n) is 2.58. The van der Waals surface area contributed by atoms with Crippen LogP contribution >= 0.6 is 0 Å². The Kier molecular flexibility index (Phi) is 5.45. The van der Waals surface area contributed by atoms with Gasteiger partial charge in [0.2, 0.25) is 0 Å². The van der Waals surface area contributed by atoms with Gasteiger partial charge in [0, 0.05) is 5.56 Å². The van der Waals surface area contributed by atoms with Crippen LogP contribution in [0.4, 0.5) is 0 Å². The van der Waals surface area contributed by atoms with Gasteiger partial charge in [-0.25, -0.2) is 4.98 Å². The molecule has 0 fully saturated rings. The number of nitrogens with one attached hydrogen (secondary N) is 1. The minimum atomic E-state index is -0.265. The number of benzene rings is 2. The summed E-state index contributed by atoms with van der Waals surface area (Å²) in [5, 5.41) is 10.1. The van der Waals surface area contributed by atoms with E-state index in [1.807, 2.05) is 30.3 Å². The second-order valence-electron chi connectivity index (χ2n) is 5.84. The smallest absolute Gasteiger partial charge is 0.259 e. The van der Waals surface area contributed by atoms with Crippen LogP contribution in [0.1, 0.15) is 31.2 Å². The molecule has 1 aromatic heterocycles. The molecule has 0 bridgehead atoms. The second-order valence-corrected chi connectivity index (χ2v) is 5.84. The molecule has 0 spiro atoms. The van der Waals surface area contributed by atoms with Gasteiger partial charge < -0.3 is 9.72 Å². The molecule has 0 amide bonds. The molecule has 26 heavy (non-hydrogen) atoms. The van der Waals surface area contributed by atoms with Crippen LogP contribution in [0.15, 0.2) is 53.3 Å². The molecule has 5 nitrogen and oxygen atoms in total. The van der Waals surface area contributed by atoms with Crippen LogP contribution in [-0.4, -0.2) is 16.6 Å². The van der Waals surface area contributed by atoms with Crippen molar-refractivity contribution in [3.63, 3.8) is 0 Å². The summed E-state index contributed by atoms with van der Waals surface area (Å²) in [5.41, 5.74) is 1.34. The Labute approximate surface area is 151 Å². The van der Waals surface area contributed by atoms with Crippen molar-refractivity contribution in [2.24, 2.45) is 0 Å². The SMILES string of the molecule is CCCCOc1ccccc1C=C(C#N)c1nc2ccccc2c(=O)[nH]1. The molecule has 0 atom stereocenters. The highest BCUT2D eigenvalue weighted by Crippen LogP contribution is 2.24. The van der Waals surface area contributed by atoms with Crippen LogP contribution in [0.25, 0.3) is 22.6 Å². The summed E-state index contributed by atoms with van der Waals surface area (Å²) in [4.78, 5) is 19.4. The Hall–Kier alpha value is -3.39. The molecule has 1 N–H and O–H groups in total. The number of hydrogen-bond acceptors (Lipinski definition) is 4. The molecular weight excluding hydrogens is 326 g/mol. The minimum Gasteiger partial charge on any atom is -0.493 e. The lowest BCUT2D eigenvalue weighted by atomic mass is 10.1. The molecule has 0 saturated carbocycles. The lowest BCUT2D eigenvalue weighted by Gasteiger charge is -2.09. The first-order chi connectivity index (χ1) is 12.7. The zero-order valence-electron chi connectivity index (χ0n) is 14.5. The molecule has 130 valence electrons. The molecule has 1 heterocycles. The van der Waals surface area contributed by atoms with Crippen molar-refractivity contribution in [1.82, 2.24) is 9.97 Å². The molecule has 2 aromatic carbocycles. The number of unbranched alkanes of at least 4 members (excludes halogenated alkanes) is 1. The van der Waals surface area contributed by atoms with Crippen molar-refractivity contribution in [2.45, 2.75) is 19.8 Å². The van der Waals surface area contributed by atoms with E-state index < -0.39 is 0 Å². The van der Waals surface area contributed by atoms with E-state index in [0.29, 0.717) is 23.3 Å². The van der Waals surface area contributed by atoms with Crippen molar-refractivity contribution < 1.29 is 4.74 Å². The third kappa shape index (κ3) is 3.81. The van der Waals surface area contributed by atoms with E-state index in [1.54, 1.807) is 24.3 Å². The quantitative estimate of drug-likeness (QED) is 0.537. The molecule has 0 aliphatic carbocycles. The molecule has 0 aliphatic heterocycles. The van der Waals surface area contributed by atoms with Crippen molar-refractivity contribution in [3.8, 4) is 11.8 Å². The maximum atomic E-state index is 12.3. The average molecular weight is 345 g/mol. The first-order valence-corrected chi connectivity index (χ1v) is 8.56. The summed E-state index contributed by atoms with van der Waals surface area (Å²) in [6.45, 7) is 2.72. The van der Waals surface area contributed by atoms with Crippen molar-refractivity contribution >= 4 is 22.6 Å². The first-order valence-electron chi connectivity index (χ1n) is 8.56. The molecular formula is C21H19N3O2. The van der Waals surface area contributed by atoms with Gasteiger partial charge in [0.15, 0.2) is 5.82 Å². The Morgan fingerprint density at radius 1 is 1.23 bits per heavy atom. The van der Waals surface area contributed by atoms with Gasteiger partial charge in [-0.05, 0) is 30.7 Å². The number of nitriles is 1. The maximum absolute atomic E-state index is 12.3. The van der Waals surface area contributed by atoms with Crippen LogP contribution in [0.5, 0.6) is 5.75 Å². The van der Waals surface area contributed by atoms with Crippen molar-refractivity contribution in [2.75, 3.05) is 6.61 Å². The molecule has 0 aliphatic rings. The third-order valence-corrected chi connectivity index (χ3v) is 3.96. The lowest BCUT2D eigenvalue weighted by molar-refractivity contribution is 0.309. The standard InChI is InChI=1S/C21H19N3O2/c1-2-3-12-26-19-11-7-4-8-15(19)13-16(14-22)20-23-18-10-6-5-9-17(18)21(25)24-20/h4-11,13H,2-3,12H2,1H3,(H,23,24,25). The van der Waals surface area contributed by atoms with E-state index in [2.05, 4.69) is 23.0 Å². The van der Waals surface area contributed by atoms with Crippen LogP contribution in [0.2, 0.25) is 0 Å². The Morgan fingerprint density at radius 3 is 2.81 bits per heavy atom. The minimum absolute atomic E-state index is 0.250. The molecule has 5 heteroatoms. The number of nitrogens with zero attached hydrogens (tertiary/aromatic N) is 2. The number of allylic oxidation sites excluding steroid dienone is 1. The van der Waals surface area contributed by atoms with Gasteiger partial charge in [0.25, 0.3) is 5.56 Å². The van der Waals surface area contributed by atoms with Gasteiger partial charge in [-0.3, -0.25) is 4.79 Å². The fourth-order valence-corrected chi connectivity index (χ4v) is 2.58.